The number of benzene rings is 3. The second kappa shape index (κ2) is 15.1. The molecule has 13 heteroatoms. The highest BCUT2D eigenvalue weighted by molar-refractivity contribution is 6.01. The summed E-state index contributed by atoms with van der Waals surface area (Å²) in [5.41, 5.74) is 23.4. The zero-order chi connectivity index (χ0) is 31.5. The van der Waals surface area contributed by atoms with E-state index in [9.17, 15) is 4.79 Å². The van der Waals surface area contributed by atoms with Crippen molar-refractivity contribution in [3.8, 4) is 5.75 Å². The van der Waals surface area contributed by atoms with Crippen LogP contribution < -0.4 is 10.2 Å². The summed E-state index contributed by atoms with van der Waals surface area (Å²) in [4.78, 5) is 25.6. The minimum atomic E-state index is -1.48. The van der Waals surface area contributed by atoms with Crippen LogP contribution in [0.3, 0.4) is 0 Å². The van der Waals surface area contributed by atoms with Crippen molar-refractivity contribution in [1.29, 1.82) is 0 Å². The Morgan fingerprint density at radius 1 is 0.978 bits per heavy atom. The van der Waals surface area contributed by atoms with E-state index in [4.69, 9.17) is 30.6 Å². The lowest BCUT2D eigenvalue weighted by molar-refractivity contribution is -0.133. The molecule has 0 aliphatic carbocycles. The summed E-state index contributed by atoms with van der Waals surface area (Å²) in [6.07, 6.45) is 1.73. The predicted octanol–water partition coefficient (Wildman–Crippen LogP) is 5.70. The first-order valence-corrected chi connectivity index (χ1v) is 14.9. The number of rotatable bonds is 14. The third kappa shape index (κ3) is 7.36. The fraction of sp³-hybridized carbons (Fsp3) is 0.375. The Hall–Kier alpha value is -5.06. The average molecular weight is 610 g/mol. The topological polar surface area (TPSA) is 181 Å². The van der Waals surface area contributed by atoms with Gasteiger partial charge in [-0.05, 0) is 70.4 Å². The molecule has 0 saturated carbocycles. The number of aliphatic hydroxyl groups excluding tert-OH is 1. The maximum absolute atomic E-state index is 14.6. The van der Waals surface area contributed by atoms with E-state index in [-0.39, 0.29) is 37.9 Å². The van der Waals surface area contributed by atoms with Gasteiger partial charge in [-0.1, -0.05) is 58.8 Å². The van der Waals surface area contributed by atoms with Gasteiger partial charge in [0, 0.05) is 47.9 Å². The van der Waals surface area contributed by atoms with Gasteiger partial charge in [0.05, 0.1) is 19.7 Å². The van der Waals surface area contributed by atoms with Crippen LogP contribution in [0.25, 0.3) is 20.9 Å². The first-order valence-electron chi connectivity index (χ1n) is 14.9. The van der Waals surface area contributed by atoms with E-state index in [0.29, 0.717) is 35.5 Å². The minimum Gasteiger partial charge on any atom is -0.494 e. The molecule has 45 heavy (non-hydrogen) atoms. The van der Waals surface area contributed by atoms with E-state index in [2.05, 4.69) is 25.5 Å². The zero-order valence-corrected chi connectivity index (χ0v) is 24.8. The Kier molecular flexibility index (Phi) is 10.5. The Labute approximate surface area is 260 Å². The largest absolute Gasteiger partial charge is 0.494 e. The zero-order valence-electron chi connectivity index (χ0n) is 24.8. The molecule has 0 radical (unpaired) electrons. The molecule has 2 atom stereocenters. The number of hydrogen-bond donors (Lipinski definition) is 2. The molecule has 3 aromatic carbocycles. The van der Waals surface area contributed by atoms with E-state index in [1.54, 1.807) is 12.1 Å². The molecular weight excluding hydrogens is 574 g/mol. The Morgan fingerprint density at radius 2 is 1.62 bits per heavy atom. The van der Waals surface area contributed by atoms with Gasteiger partial charge in [-0.2, -0.15) is 0 Å². The van der Waals surface area contributed by atoms with Crippen molar-refractivity contribution in [3.63, 3.8) is 0 Å². The first-order chi connectivity index (χ1) is 22.1. The molecule has 13 nitrogen and oxygen atoms in total. The normalized spacial score (nSPS) is 19.1. The molecule has 1 amide bonds. The molecule has 5 rings (SSSR count). The van der Waals surface area contributed by atoms with Crippen LogP contribution in [0.2, 0.25) is 0 Å². The van der Waals surface area contributed by atoms with Gasteiger partial charge in [0.15, 0.2) is 11.6 Å². The maximum Gasteiger partial charge on any atom is 0.266 e. The van der Waals surface area contributed by atoms with E-state index in [1.165, 1.54) is 0 Å². The van der Waals surface area contributed by atoms with Gasteiger partial charge in [-0.25, -0.2) is 10.0 Å². The summed E-state index contributed by atoms with van der Waals surface area (Å²) in [7, 11) is 0. The van der Waals surface area contributed by atoms with Gasteiger partial charge in [0.25, 0.3) is 5.91 Å². The highest BCUT2D eigenvalue weighted by Crippen LogP contribution is 2.44. The number of hydrogen-bond acceptors (Lipinski definition) is 8. The summed E-state index contributed by atoms with van der Waals surface area (Å²) in [6.45, 7) is 2.05. The van der Waals surface area contributed by atoms with Crippen molar-refractivity contribution in [2.75, 3.05) is 26.3 Å². The van der Waals surface area contributed by atoms with Crippen molar-refractivity contribution in [1.82, 2.24) is 10.4 Å². The summed E-state index contributed by atoms with van der Waals surface area (Å²) >= 11 is 0. The van der Waals surface area contributed by atoms with Gasteiger partial charge in [-0.3, -0.25) is 10.2 Å². The molecule has 232 valence electrons. The molecule has 0 unspecified atom stereocenters. The average Bonchev–Trinajstić information content (AvgIpc) is 3.73. The van der Waals surface area contributed by atoms with Crippen LogP contribution in [-0.4, -0.2) is 53.8 Å². The number of carbonyl (C=O) groups is 1. The molecule has 2 aliphatic heterocycles. The molecule has 0 spiro atoms. The van der Waals surface area contributed by atoms with Gasteiger partial charge in [0.2, 0.25) is 5.90 Å². The SMILES string of the molecule is [N-]=[N+]=NCc1ccccc1C[C@]1(C(=O)NN2CCCC2)N=C(c2ccc(OCCCO)cc2)O[C@H]1c1ccccc1CN=[N+]=[N-]. The lowest BCUT2D eigenvalue weighted by Gasteiger charge is -2.33. The molecular formula is C32H35N9O4. The number of nitrogens with one attached hydrogen (secondary N) is 1. The first kappa shape index (κ1) is 31.4. The van der Waals surface area contributed by atoms with Crippen LogP contribution in [0.5, 0.6) is 5.75 Å². The van der Waals surface area contributed by atoms with Gasteiger partial charge < -0.3 is 14.6 Å². The third-order valence-corrected chi connectivity index (χ3v) is 7.92. The molecule has 2 N–H and O–H groups in total. The number of nitrogens with zero attached hydrogens (tertiary/aromatic N) is 8. The van der Waals surface area contributed by atoms with E-state index in [0.717, 1.165) is 37.1 Å². The van der Waals surface area contributed by atoms with Crippen LogP contribution in [0.15, 0.2) is 88.0 Å². The van der Waals surface area contributed by atoms with Crippen LogP contribution in [0.4, 0.5) is 0 Å². The molecule has 1 saturated heterocycles. The number of azide groups is 2. The van der Waals surface area contributed by atoms with Crippen molar-refractivity contribution >= 4 is 11.8 Å². The molecule has 1 fully saturated rings. The number of aliphatic hydroxyl groups is 1. The van der Waals surface area contributed by atoms with Crippen LogP contribution in [0, 0.1) is 0 Å². The molecule has 0 bridgehead atoms. The van der Waals surface area contributed by atoms with Gasteiger partial charge in [-0.15, -0.1) is 0 Å². The monoisotopic (exact) mass is 609 g/mol. The van der Waals surface area contributed by atoms with Crippen LogP contribution >= 0.6 is 0 Å². The molecule has 3 aromatic rings. The highest BCUT2D eigenvalue weighted by atomic mass is 16.5. The summed E-state index contributed by atoms with van der Waals surface area (Å²) in [5.74, 6) is 0.585. The highest BCUT2D eigenvalue weighted by Gasteiger charge is 2.54. The number of aliphatic imine (C=N–C) groups is 1. The Balaban J connectivity index is 1.64. The Bertz CT molecular complexity index is 1610. The van der Waals surface area contributed by atoms with Gasteiger partial charge in [0.1, 0.15) is 5.75 Å². The second-order valence-electron chi connectivity index (χ2n) is 10.8. The number of hydrazine groups is 1. The fourth-order valence-electron chi connectivity index (χ4n) is 5.65. The van der Waals surface area contributed by atoms with Crippen molar-refractivity contribution in [2.24, 2.45) is 15.2 Å². The fourth-order valence-corrected chi connectivity index (χ4v) is 5.65. The third-order valence-electron chi connectivity index (χ3n) is 7.92. The summed E-state index contributed by atoms with van der Waals surface area (Å²) in [6, 6.07) is 22.2. The Morgan fingerprint density at radius 3 is 2.31 bits per heavy atom. The van der Waals surface area contributed by atoms with Crippen LogP contribution in [0.1, 0.15) is 53.2 Å². The number of carbonyl (C=O) groups excluding carboxylic acids is 1. The maximum atomic E-state index is 14.6. The molecule has 2 aliphatic rings. The second-order valence-corrected chi connectivity index (χ2v) is 10.8. The predicted molar refractivity (Wildman–Crippen MR) is 168 cm³/mol. The van der Waals surface area contributed by atoms with E-state index >= 15 is 0 Å². The number of amides is 1. The lowest BCUT2D eigenvalue weighted by Crippen LogP contribution is -2.54. The summed E-state index contributed by atoms with van der Waals surface area (Å²) < 4.78 is 12.4. The van der Waals surface area contributed by atoms with Crippen molar-refractivity contribution in [3.05, 3.63) is 121 Å². The molecule has 2 heterocycles. The van der Waals surface area contributed by atoms with E-state index in [1.807, 2.05) is 65.7 Å². The smallest absolute Gasteiger partial charge is 0.266 e. The molecule has 0 aromatic heterocycles. The number of ether oxygens (including phenoxy) is 2. The van der Waals surface area contributed by atoms with Crippen LogP contribution in [-0.2, 0) is 29.0 Å². The van der Waals surface area contributed by atoms with Crippen molar-refractivity contribution in [2.45, 2.75) is 50.4 Å². The minimum absolute atomic E-state index is 0.0405. The van der Waals surface area contributed by atoms with Crippen molar-refractivity contribution < 1.29 is 19.4 Å². The summed E-state index contributed by atoms with van der Waals surface area (Å²) in [5, 5.41) is 18.6. The van der Waals surface area contributed by atoms with Gasteiger partial charge >= 0.3 is 0 Å². The quantitative estimate of drug-likeness (QED) is 0.103. The van der Waals surface area contributed by atoms with E-state index < -0.39 is 11.6 Å². The standard InChI is InChI=1S/C32H35N9O4/c33-39-35-21-25-9-2-1-8-24(25)20-32(31(43)38-41-16-5-6-17-41)29(28-11-4-3-10-26(28)22-36-40-34)45-30(37-32)23-12-14-27(15-13-23)44-19-7-18-42/h1-4,8-15,29,42H,5-7,16-22H2,(H,38,43)/t29-,32-/m0/s1. The lowest BCUT2D eigenvalue weighted by atomic mass is 9.80.